The molecule has 0 amide bonds. The summed E-state index contributed by atoms with van der Waals surface area (Å²) in [6.45, 7) is 6.18. The van der Waals surface area contributed by atoms with E-state index in [1.807, 2.05) is 26.8 Å². The maximum atomic E-state index is 11.0. The lowest BCUT2D eigenvalue weighted by molar-refractivity contribution is -0.138. The van der Waals surface area contributed by atoms with Crippen molar-refractivity contribution >= 4 is 21.9 Å². The van der Waals surface area contributed by atoms with Gasteiger partial charge in [0.25, 0.3) is 0 Å². The fraction of sp³-hybridized carbons (Fsp3) is 0.500. The van der Waals surface area contributed by atoms with Gasteiger partial charge in [-0.1, -0.05) is 13.8 Å². The van der Waals surface area contributed by atoms with E-state index in [2.05, 4.69) is 15.9 Å². The van der Waals surface area contributed by atoms with Crippen molar-refractivity contribution in [3.05, 3.63) is 22.2 Å². The highest BCUT2D eigenvalue weighted by molar-refractivity contribution is 9.10. The molecule has 1 N–H and O–H groups in total. The maximum Gasteiger partial charge on any atom is 0.304 e. The van der Waals surface area contributed by atoms with E-state index in [-0.39, 0.29) is 6.42 Å². The summed E-state index contributed by atoms with van der Waals surface area (Å²) in [7, 11) is 1.58. The van der Waals surface area contributed by atoms with Crippen LogP contribution in [0.25, 0.3) is 0 Å². The van der Waals surface area contributed by atoms with Crippen LogP contribution >= 0.6 is 15.9 Å². The Morgan fingerprint density at radius 1 is 1.37 bits per heavy atom. The molecule has 0 unspecified atom stereocenters. The van der Waals surface area contributed by atoms with Crippen LogP contribution in [0.2, 0.25) is 0 Å². The van der Waals surface area contributed by atoms with E-state index >= 15 is 0 Å². The van der Waals surface area contributed by atoms with Gasteiger partial charge in [-0.25, -0.2) is 0 Å². The number of hydrogen-bond donors (Lipinski definition) is 1. The van der Waals surface area contributed by atoms with Crippen molar-refractivity contribution in [2.75, 3.05) is 13.7 Å². The van der Waals surface area contributed by atoms with Gasteiger partial charge in [-0.15, -0.1) is 0 Å². The van der Waals surface area contributed by atoms with Crippen LogP contribution in [0.4, 0.5) is 0 Å². The number of carbonyl (C=O) groups is 1. The van der Waals surface area contributed by atoms with Crippen LogP contribution < -0.4 is 9.47 Å². The van der Waals surface area contributed by atoms with Gasteiger partial charge >= 0.3 is 5.97 Å². The number of hydrogen-bond acceptors (Lipinski definition) is 3. The summed E-state index contributed by atoms with van der Waals surface area (Å²) < 4.78 is 11.6. The van der Waals surface area contributed by atoms with E-state index in [1.54, 1.807) is 13.2 Å². The molecule has 106 valence electrons. The molecule has 4 nitrogen and oxygen atoms in total. The minimum absolute atomic E-state index is 0.0336. The summed E-state index contributed by atoms with van der Waals surface area (Å²) >= 11 is 3.42. The summed E-state index contributed by atoms with van der Waals surface area (Å²) in [5.41, 5.74) is 0.329. The first-order chi connectivity index (χ1) is 8.81. The Morgan fingerprint density at radius 2 is 2.00 bits per heavy atom. The Labute approximate surface area is 121 Å². The number of methoxy groups -OCH3 is 1. The average molecular weight is 331 g/mol. The van der Waals surface area contributed by atoms with Crippen molar-refractivity contribution < 1.29 is 19.4 Å². The zero-order valence-electron chi connectivity index (χ0n) is 11.6. The Hall–Kier alpha value is -1.23. The predicted octanol–water partition coefficient (Wildman–Crippen LogP) is 3.61. The molecule has 0 spiro atoms. The highest BCUT2D eigenvalue weighted by Crippen LogP contribution is 2.40. The Kier molecular flexibility index (Phi) is 5.23. The lowest BCUT2D eigenvalue weighted by Crippen LogP contribution is -2.22. The molecule has 1 aromatic carbocycles. The molecule has 0 aliphatic heterocycles. The highest BCUT2D eigenvalue weighted by Gasteiger charge is 2.28. The van der Waals surface area contributed by atoms with Gasteiger partial charge in [0.05, 0.1) is 24.6 Å². The molecule has 0 atom stereocenters. The van der Waals surface area contributed by atoms with Crippen molar-refractivity contribution in [2.24, 2.45) is 0 Å². The lowest BCUT2D eigenvalue weighted by Gasteiger charge is -2.26. The fourth-order valence-electron chi connectivity index (χ4n) is 1.97. The fourth-order valence-corrected chi connectivity index (χ4v) is 2.47. The molecule has 0 aromatic heterocycles. The second-order valence-electron chi connectivity index (χ2n) is 4.87. The van der Waals surface area contributed by atoms with E-state index in [1.165, 1.54) is 0 Å². The Morgan fingerprint density at radius 3 is 2.47 bits per heavy atom. The summed E-state index contributed by atoms with van der Waals surface area (Å²) in [6.07, 6.45) is 0.0336. The van der Waals surface area contributed by atoms with Gasteiger partial charge in [0.15, 0.2) is 0 Å². The van der Waals surface area contributed by atoms with Crippen molar-refractivity contribution in [1.82, 2.24) is 0 Å². The molecule has 0 saturated carbocycles. The van der Waals surface area contributed by atoms with E-state index in [4.69, 9.17) is 14.6 Å². The molecule has 5 heteroatoms. The maximum absolute atomic E-state index is 11.0. The van der Waals surface area contributed by atoms with Crippen molar-refractivity contribution in [3.8, 4) is 11.5 Å². The van der Waals surface area contributed by atoms with Gasteiger partial charge in [0.2, 0.25) is 0 Å². The molecule has 0 aliphatic rings. The largest absolute Gasteiger partial charge is 0.495 e. The van der Waals surface area contributed by atoms with Crippen LogP contribution in [0, 0.1) is 0 Å². The first-order valence-electron chi connectivity index (χ1n) is 6.04. The first-order valence-corrected chi connectivity index (χ1v) is 6.83. The number of ether oxygens (including phenoxy) is 2. The van der Waals surface area contributed by atoms with E-state index in [9.17, 15) is 4.79 Å². The van der Waals surface area contributed by atoms with Gasteiger partial charge < -0.3 is 14.6 Å². The van der Waals surface area contributed by atoms with E-state index < -0.39 is 11.4 Å². The molecule has 0 fully saturated rings. The SMILES string of the molecule is CCOc1cc(OC)c(Br)cc1C(C)(C)CC(=O)O. The molecule has 0 bridgehead atoms. The van der Waals surface area contributed by atoms with Crippen molar-refractivity contribution in [3.63, 3.8) is 0 Å². The summed E-state index contributed by atoms with van der Waals surface area (Å²) in [5.74, 6) is 0.492. The predicted molar refractivity (Wildman–Crippen MR) is 77.1 cm³/mol. The molecule has 0 heterocycles. The normalized spacial score (nSPS) is 11.2. The quantitative estimate of drug-likeness (QED) is 0.865. The number of rotatable bonds is 6. The second kappa shape index (κ2) is 6.28. The van der Waals surface area contributed by atoms with Gasteiger partial charge in [0, 0.05) is 17.0 Å². The van der Waals surface area contributed by atoms with Crippen LogP contribution in [0.15, 0.2) is 16.6 Å². The number of carboxylic acids is 1. The number of carboxylic acid groups (broad SMARTS) is 1. The average Bonchev–Trinajstić information content (AvgIpc) is 2.29. The molecule has 0 aliphatic carbocycles. The molecular weight excluding hydrogens is 312 g/mol. The van der Waals surface area contributed by atoms with Crippen LogP contribution in [-0.4, -0.2) is 24.8 Å². The number of aliphatic carboxylic acids is 1. The molecular formula is C14H19BrO4. The molecule has 19 heavy (non-hydrogen) atoms. The lowest BCUT2D eigenvalue weighted by atomic mass is 9.81. The van der Waals surface area contributed by atoms with Gasteiger partial charge in [0.1, 0.15) is 11.5 Å². The minimum atomic E-state index is -0.834. The summed E-state index contributed by atoms with van der Waals surface area (Å²) in [6, 6.07) is 3.65. The Balaban J connectivity index is 3.31. The van der Waals surface area contributed by atoms with Crippen LogP contribution in [-0.2, 0) is 10.2 Å². The van der Waals surface area contributed by atoms with Crippen LogP contribution in [0.5, 0.6) is 11.5 Å². The Bertz CT molecular complexity index is 469. The van der Waals surface area contributed by atoms with Crippen LogP contribution in [0.1, 0.15) is 32.8 Å². The number of benzene rings is 1. The van der Waals surface area contributed by atoms with Crippen LogP contribution in [0.3, 0.4) is 0 Å². The monoisotopic (exact) mass is 330 g/mol. The van der Waals surface area contributed by atoms with Gasteiger partial charge in [-0.05, 0) is 28.9 Å². The molecule has 0 saturated heterocycles. The summed E-state index contributed by atoms with van der Waals surface area (Å²) in [5, 5.41) is 9.02. The van der Waals surface area contributed by atoms with E-state index in [0.717, 1.165) is 10.0 Å². The smallest absolute Gasteiger partial charge is 0.304 e. The third-order valence-corrected chi connectivity index (χ3v) is 3.50. The first kappa shape index (κ1) is 15.8. The van der Waals surface area contributed by atoms with Crippen molar-refractivity contribution in [1.29, 1.82) is 0 Å². The third-order valence-electron chi connectivity index (χ3n) is 2.88. The zero-order valence-corrected chi connectivity index (χ0v) is 13.2. The standard InChI is InChI=1S/C14H19BrO4/c1-5-19-11-7-12(18-4)10(15)6-9(11)14(2,3)8-13(16)17/h6-7H,5,8H2,1-4H3,(H,16,17). The van der Waals surface area contributed by atoms with Gasteiger partial charge in [-0.3, -0.25) is 4.79 Å². The summed E-state index contributed by atoms with van der Waals surface area (Å²) in [4.78, 5) is 11.0. The van der Waals surface area contributed by atoms with E-state index in [0.29, 0.717) is 18.1 Å². The molecule has 1 aromatic rings. The number of halogens is 1. The minimum Gasteiger partial charge on any atom is -0.495 e. The second-order valence-corrected chi connectivity index (χ2v) is 5.72. The highest BCUT2D eigenvalue weighted by atomic mass is 79.9. The molecule has 1 rings (SSSR count). The van der Waals surface area contributed by atoms with Gasteiger partial charge in [-0.2, -0.15) is 0 Å². The third kappa shape index (κ3) is 3.86. The zero-order chi connectivity index (χ0) is 14.6. The molecule has 0 radical (unpaired) electrons. The topological polar surface area (TPSA) is 55.8 Å². The van der Waals surface area contributed by atoms with Crippen molar-refractivity contribution in [2.45, 2.75) is 32.6 Å².